The van der Waals surface area contributed by atoms with Crippen LogP contribution in [0.4, 0.5) is 0 Å². The molecule has 3 saturated heterocycles. The number of rotatable bonds is 4. The number of ketones is 1. The Kier molecular flexibility index (Phi) is 8.48. The summed E-state index contributed by atoms with van der Waals surface area (Å²) in [6.07, 6.45) is 1.73. The second kappa shape index (κ2) is 10.1. The molecule has 0 aromatic rings. The molecule has 0 saturated carbocycles. The summed E-state index contributed by atoms with van der Waals surface area (Å²) in [7, 11) is -4.07. The van der Waals surface area contributed by atoms with Gasteiger partial charge < -0.3 is 19.6 Å². The number of fused-ring (bicyclic) bond motifs is 11. The lowest BCUT2D eigenvalue weighted by Gasteiger charge is -2.36. The molecule has 0 aromatic heterocycles. The maximum atomic E-state index is 11.5. The van der Waals surface area contributed by atoms with Gasteiger partial charge in [0.15, 0.2) is 0 Å². The highest BCUT2D eigenvalue weighted by Gasteiger charge is 2.22. The summed E-state index contributed by atoms with van der Waals surface area (Å²) in [6, 6.07) is 0. The number of hydrogen-bond donors (Lipinski definition) is 2. The standard InChI is InChI=1S/C16H33N4O4P/c1-16(21)14-19-6-2-4-17-8-10-18(11-9-17)5-3-7-20(13-12-19)15-25(22,23)24/h2-15H2,1H3,(H2,22,23,24). The van der Waals surface area contributed by atoms with Crippen LogP contribution in [0.3, 0.4) is 0 Å². The fraction of sp³-hybridized carbons (Fsp3) is 0.938. The Morgan fingerprint density at radius 2 is 1.28 bits per heavy atom. The molecular weight excluding hydrogens is 343 g/mol. The highest BCUT2D eigenvalue weighted by Crippen LogP contribution is 2.35. The van der Waals surface area contributed by atoms with Gasteiger partial charge in [0.1, 0.15) is 12.1 Å². The third kappa shape index (κ3) is 8.73. The highest BCUT2D eigenvalue weighted by atomic mass is 31.2. The number of carbonyl (C=O) groups is 1. The Labute approximate surface area is 150 Å². The van der Waals surface area contributed by atoms with Crippen LogP contribution in [0.2, 0.25) is 0 Å². The van der Waals surface area contributed by atoms with Crippen molar-refractivity contribution in [1.82, 2.24) is 19.6 Å². The molecule has 0 aromatic carbocycles. The van der Waals surface area contributed by atoms with Crippen LogP contribution in [-0.4, -0.2) is 113 Å². The van der Waals surface area contributed by atoms with E-state index in [0.717, 1.165) is 58.7 Å². The van der Waals surface area contributed by atoms with Crippen molar-refractivity contribution in [3.05, 3.63) is 0 Å². The van der Waals surface area contributed by atoms with Crippen LogP contribution in [0.25, 0.3) is 0 Å². The van der Waals surface area contributed by atoms with E-state index in [9.17, 15) is 19.1 Å². The normalized spacial score (nSPS) is 28.6. The molecule has 0 atom stereocenters. The van der Waals surface area contributed by atoms with Crippen LogP contribution in [0.5, 0.6) is 0 Å². The van der Waals surface area contributed by atoms with E-state index in [1.54, 1.807) is 6.92 Å². The lowest BCUT2D eigenvalue weighted by molar-refractivity contribution is -0.118. The van der Waals surface area contributed by atoms with Gasteiger partial charge in [0.05, 0.1) is 6.54 Å². The number of piperazine rings is 1. The van der Waals surface area contributed by atoms with Crippen molar-refractivity contribution in [2.45, 2.75) is 19.8 Å². The molecule has 2 bridgehead atoms. The maximum absolute atomic E-state index is 11.5. The third-order valence-corrected chi connectivity index (χ3v) is 5.69. The van der Waals surface area contributed by atoms with Gasteiger partial charge in [0.25, 0.3) is 0 Å². The molecule has 0 radical (unpaired) electrons. The molecule has 0 unspecified atom stereocenters. The van der Waals surface area contributed by atoms with Gasteiger partial charge in [-0.25, -0.2) is 0 Å². The average molecular weight is 376 g/mol. The monoisotopic (exact) mass is 376 g/mol. The predicted molar refractivity (Wildman–Crippen MR) is 97.7 cm³/mol. The molecule has 2 N–H and O–H groups in total. The molecule has 0 amide bonds. The molecule has 3 aliphatic rings. The van der Waals surface area contributed by atoms with Crippen molar-refractivity contribution in [1.29, 1.82) is 0 Å². The number of Topliss-reactive ketones (excluding diaryl/α,β-unsaturated/α-hetero) is 1. The first-order valence-electron chi connectivity index (χ1n) is 9.25. The molecule has 146 valence electrons. The largest absolute Gasteiger partial charge is 0.339 e. The van der Waals surface area contributed by atoms with Crippen molar-refractivity contribution in [2.75, 3.05) is 78.3 Å². The zero-order valence-electron chi connectivity index (χ0n) is 15.3. The Morgan fingerprint density at radius 3 is 1.76 bits per heavy atom. The van der Waals surface area contributed by atoms with Crippen molar-refractivity contribution in [3.63, 3.8) is 0 Å². The van der Waals surface area contributed by atoms with E-state index in [0.29, 0.717) is 26.2 Å². The molecule has 3 rings (SSSR count). The molecule has 3 fully saturated rings. The molecular formula is C16H33N4O4P. The lowest BCUT2D eigenvalue weighted by atomic mass is 10.2. The summed E-state index contributed by atoms with van der Waals surface area (Å²) in [4.78, 5) is 39.1. The van der Waals surface area contributed by atoms with Crippen LogP contribution in [0.15, 0.2) is 0 Å². The van der Waals surface area contributed by atoms with E-state index in [2.05, 4.69) is 14.7 Å². The van der Waals surface area contributed by atoms with Gasteiger partial charge in [-0.1, -0.05) is 0 Å². The van der Waals surface area contributed by atoms with Gasteiger partial charge in [-0.2, -0.15) is 0 Å². The van der Waals surface area contributed by atoms with Gasteiger partial charge in [-0.05, 0) is 39.4 Å². The molecule has 0 aliphatic carbocycles. The Morgan fingerprint density at radius 1 is 0.800 bits per heavy atom. The molecule has 8 nitrogen and oxygen atoms in total. The highest BCUT2D eigenvalue weighted by molar-refractivity contribution is 7.51. The summed E-state index contributed by atoms with van der Waals surface area (Å²) in [5.41, 5.74) is 0. The number of nitrogens with zero attached hydrogens (tertiary/aromatic N) is 4. The first-order chi connectivity index (χ1) is 11.8. The van der Waals surface area contributed by atoms with Crippen molar-refractivity contribution >= 4 is 13.4 Å². The van der Waals surface area contributed by atoms with Crippen LogP contribution in [0, 0.1) is 0 Å². The molecule has 3 heterocycles. The van der Waals surface area contributed by atoms with E-state index in [-0.39, 0.29) is 12.1 Å². The average Bonchev–Trinajstić information content (AvgIpc) is 2.51. The van der Waals surface area contributed by atoms with Crippen LogP contribution in [0.1, 0.15) is 19.8 Å². The smallest absolute Gasteiger partial charge is 0.324 e. The predicted octanol–water partition coefficient (Wildman–Crippen LogP) is -0.274. The minimum atomic E-state index is -4.07. The molecule has 3 aliphatic heterocycles. The fourth-order valence-electron chi connectivity index (χ4n) is 3.65. The molecule has 0 spiro atoms. The fourth-order valence-corrected chi connectivity index (χ4v) is 4.46. The summed E-state index contributed by atoms with van der Waals surface area (Å²) < 4.78 is 11.4. The van der Waals surface area contributed by atoms with Gasteiger partial charge in [0.2, 0.25) is 0 Å². The van der Waals surface area contributed by atoms with Crippen LogP contribution >= 0.6 is 7.60 Å². The quantitative estimate of drug-likeness (QED) is 0.649. The number of carbonyl (C=O) groups excluding carboxylic acids is 1. The van der Waals surface area contributed by atoms with Gasteiger partial charge >= 0.3 is 7.60 Å². The topological polar surface area (TPSA) is 87.6 Å². The van der Waals surface area contributed by atoms with Gasteiger partial charge in [-0.3, -0.25) is 19.2 Å². The summed E-state index contributed by atoms with van der Waals surface area (Å²) in [5.74, 6) is 0.135. The van der Waals surface area contributed by atoms with E-state index >= 15 is 0 Å². The molecule has 25 heavy (non-hydrogen) atoms. The molecule has 9 heteroatoms. The summed E-state index contributed by atoms with van der Waals surface area (Å²) in [6.45, 7) is 11.1. The minimum Gasteiger partial charge on any atom is -0.324 e. The maximum Gasteiger partial charge on any atom is 0.339 e. The second-order valence-corrected chi connectivity index (χ2v) is 8.90. The van der Waals surface area contributed by atoms with E-state index in [4.69, 9.17) is 0 Å². The zero-order chi connectivity index (χ0) is 18.3. The first-order valence-corrected chi connectivity index (χ1v) is 11.0. The van der Waals surface area contributed by atoms with Crippen molar-refractivity contribution in [2.24, 2.45) is 0 Å². The van der Waals surface area contributed by atoms with E-state index in [1.807, 2.05) is 4.90 Å². The van der Waals surface area contributed by atoms with Crippen LogP contribution in [-0.2, 0) is 9.36 Å². The minimum absolute atomic E-state index is 0.135. The first kappa shape index (κ1) is 21.0. The van der Waals surface area contributed by atoms with Crippen molar-refractivity contribution in [3.8, 4) is 0 Å². The van der Waals surface area contributed by atoms with E-state index < -0.39 is 7.60 Å². The summed E-state index contributed by atoms with van der Waals surface area (Å²) in [5, 5.41) is 0. The Bertz CT molecular complexity index is 465. The Hall–Kier alpha value is -0.340. The van der Waals surface area contributed by atoms with Gasteiger partial charge in [0, 0.05) is 45.8 Å². The van der Waals surface area contributed by atoms with Crippen molar-refractivity contribution < 1.29 is 19.1 Å². The zero-order valence-corrected chi connectivity index (χ0v) is 16.2. The summed E-state index contributed by atoms with van der Waals surface area (Å²) >= 11 is 0. The second-order valence-electron chi connectivity index (χ2n) is 7.29. The number of hydrogen-bond acceptors (Lipinski definition) is 6. The SMILES string of the molecule is CC(=O)CN1CCCN2CCN(CCCN(CP(=O)(O)O)CC1)CC2. The van der Waals surface area contributed by atoms with E-state index in [1.165, 1.54) is 0 Å². The van der Waals surface area contributed by atoms with Crippen LogP contribution < -0.4 is 0 Å². The third-order valence-electron chi connectivity index (χ3n) is 4.93. The van der Waals surface area contributed by atoms with Gasteiger partial charge in [-0.15, -0.1) is 0 Å². The lowest BCUT2D eigenvalue weighted by Crippen LogP contribution is -2.48. The Balaban J connectivity index is 1.98.